The Morgan fingerprint density at radius 1 is 0.966 bits per heavy atom. The molecule has 3 aromatic carbocycles. The fraction of sp³-hybridized carbons (Fsp3) is 0.200. The number of aliphatic imine (C=N–C) groups is 1. The van der Waals surface area contributed by atoms with E-state index in [1.54, 1.807) is 0 Å². The second-order valence-electron chi connectivity index (χ2n) is 7.25. The van der Waals surface area contributed by atoms with Crippen LogP contribution < -0.4 is 10.2 Å². The number of likely N-dealkylation sites (N-methyl/N-ethyl adjacent to an activating group) is 2. The number of nitrogens with zero attached hydrogens (tertiary/aromatic N) is 2. The summed E-state index contributed by atoms with van der Waals surface area (Å²) in [5.74, 6) is 0.0841. The number of rotatable bonds is 5. The number of carbonyl (C=O) groups is 1. The van der Waals surface area contributed by atoms with E-state index in [0.717, 1.165) is 22.5 Å². The van der Waals surface area contributed by atoms with Gasteiger partial charge in [-0.3, -0.25) is 9.79 Å². The van der Waals surface area contributed by atoms with Crippen LogP contribution in [0.3, 0.4) is 0 Å². The molecule has 0 saturated carbocycles. The molecule has 0 aliphatic carbocycles. The predicted molar refractivity (Wildman–Crippen MR) is 119 cm³/mol. The Morgan fingerprint density at radius 3 is 2.28 bits per heavy atom. The second-order valence-corrected chi connectivity index (χ2v) is 7.25. The van der Waals surface area contributed by atoms with Gasteiger partial charge in [0.05, 0.1) is 24.3 Å². The quantitative estimate of drug-likeness (QED) is 0.682. The number of hydrogen-bond acceptors (Lipinski definition) is 4. The maximum absolute atomic E-state index is 13.3. The van der Waals surface area contributed by atoms with E-state index in [0.29, 0.717) is 12.1 Å². The topological polar surface area (TPSA) is 44.7 Å². The highest BCUT2D eigenvalue weighted by molar-refractivity contribution is 6.16. The smallest absolute Gasteiger partial charge is 0.181 e. The first-order valence-corrected chi connectivity index (χ1v) is 9.89. The number of anilines is 1. The van der Waals surface area contributed by atoms with E-state index in [-0.39, 0.29) is 17.9 Å². The molecule has 1 heterocycles. The number of benzene rings is 3. The molecule has 29 heavy (non-hydrogen) atoms. The van der Waals surface area contributed by atoms with Crippen LogP contribution in [0.5, 0.6) is 0 Å². The Labute approximate surface area is 171 Å². The number of benzodiazepines with no additional fused rings is 1. The fourth-order valence-electron chi connectivity index (χ4n) is 4.00. The van der Waals surface area contributed by atoms with E-state index < -0.39 is 0 Å². The molecule has 4 rings (SSSR count). The van der Waals surface area contributed by atoms with Crippen LogP contribution in [0.2, 0.25) is 0 Å². The van der Waals surface area contributed by atoms with E-state index in [2.05, 4.69) is 41.5 Å². The Morgan fingerprint density at radius 2 is 1.59 bits per heavy atom. The van der Waals surface area contributed by atoms with Crippen LogP contribution in [0.4, 0.5) is 5.69 Å². The molecule has 0 spiro atoms. The second kappa shape index (κ2) is 8.41. The molecule has 0 aromatic heterocycles. The Bertz CT molecular complexity index is 1010. The summed E-state index contributed by atoms with van der Waals surface area (Å²) in [6, 6.07) is 27.5. The lowest BCUT2D eigenvalue weighted by molar-refractivity contribution is 0.0933. The summed E-state index contributed by atoms with van der Waals surface area (Å²) < 4.78 is 0. The van der Waals surface area contributed by atoms with Crippen molar-refractivity contribution in [3.63, 3.8) is 0 Å². The summed E-state index contributed by atoms with van der Waals surface area (Å²) in [6.07, 6.45) is 0. The Hall–Kier alpha value is -3.24. The summed E-state index contributed by atoms with van der Waals surface area (Å²) >= 11 is 0. The minimum Gasteiger partial charge on any atom is -0.367 e. The molecule has 1 aliphatic heterocycles. The highest BCUT2D eigenvalue weighted by Crippen LogP contribution is 2.29. The van der Waals surface area contributed by atoms with E-state index in [1.165, 1.54) is 0 Å². The van der Waals surface area contributed by atoms with Gasteiger partial charge in [-0.1, -0.05) is 78.9 Å². The fourth-order valence-corrected chi connectivity index (χ4v) is 4.00. The number of Topliss-reactive ketones (excluding diaryl/α,β-unsaturated/α-hetero) is 1. The molecule has 0 bridgehead atoms. The van der Waals surface area contributed by atoms with Gasteiger partial charge in [0.15, 0.2) is 5.78 Å². The monoisotopic (exact) mass is 383 g/mol. The molecule has 0 amide bonds. The van der Waals surface area contributed by atoms with Gasteiger partial charge in [-0.05, 0) is 13.1 Å². The zero-order valence-electron chi connectivity index (χ0n) is 16.7. The molecule has 4 nitrogen and oxygen atoms in total. The highest BCUT2D eigenvalue weighted by Gasteiger charge is 2.33. The number of carbonyl (C=O) groups excluding carboxylic acids is 1. The SMILES string of the molecule is CNC(C(=O)c1ccccc1)C1CN=C(c2ccccc2)c2ccccc2N1C. The number of para-hydroxylation sites is 1. The molecule has 2 atom stereocenters. The Kier molecular flexibility index (Phi) is 5.54. The van der Waals surface area contributed by atoms with Gasteiger partial charge in [0.2, 0.25) is 0 Å². The van der Waals surface area contributed by atoms with E-state index >= 15 is 0 Å². The zero-order valence-corrected chi connectivity index (χ0v) is 16.7. The molecule has 0 radical (unpaired) electrons. The van der Waals surface area contributed by atoms with Crippen molar-refractivity contribution >= 4 is 17.2 Å². The normalized spacial score (nSPS) is 17.1. The van der Waals surface area contributed by atoms with Crippen molar-refractivity contribution in [2.45, 2.75) is 12.1 Å². The third-order valence-corrected chi connectivity index (χ3v) is 5.56. The van der Waals surface area contributed by atoms with Gasteiger partial charge in [-0.25, -0.2) is 0 Å². The van der Waals surface area contributed by atoms with Gasteiger partial charge >= 0.3 is 0 Å². The van der Waals surface area contributed by atoms with E-state index in [1.807, 2.05) is 67.7 Å². The lowest BCUT2D eigenvalue weighted by Gasteiger charge is -2.34. The van der Waals surface area contributed by atoms with Crippen LogP contribution in [0.15, 0.2) is 89.9 Å². The third kappa shape index (κ3) is 3.71. The van der Waals surface area contributed by atoms with Gasteiger partial charge < -0.3 is 10.2 Å². The molecule has 1 aliphatic rings. The molecule has 0 fully saturated rings. The van der Waals surface area contributed by atoms with Gasteiger partial charge in [-0.15, -0.1) is 0 Å². The Balaban J connectivity index is 1.76. The standard InChI is InChI=1S/C25H25N3O/c1-26-24(25(29)19-13-7-4-8-14-19)22-17-27-23(18-11-5-3-6-12-18)20-15-9-10-16-21(20)28(22)2/h3-16,22,24,26H,17H2,1-2H3. The van der Waals surface area contributed by atoms with Crippen molar-refractivity contribution < 1.29 is 4.79 Å². The summed E-state index contributed by atoms with van der Waals surface area (Å²) in [6.45, 7) is 0.527. The minimum absolute atomic E-state index is 0.0841. The maximum Gasteiger partial charge on any atom is 0.181 e. The van der Waals surface area contributed by atoms with Crippen molar-refractivity contribution in [2.24, 2.45) is 4.99 Å². The summed E-state index contributed by atoms with van der Waals surface area (Å²) in [4.78, 5) is 20.4. The van der Waals surface area contributed by atoms with Crippen LogP contribution in [-0.2, 0) is 0 Å². The molecule has 1 N–H and O–H groups in total. The van der Waals surface area contributed by atoms with Gasteiger partial charge in [0.1, 0.15) is 0 Å². The maximum atomic E-state index is 13.3. The first-order chi connectivity index (χ1) is 14.2. The lowest BCUT2D eigenvalue weighted by Crippen LogP contribution is -2.53. The van der Waals surface area contributed by atoms with E-state index in [9.17, 15) is 4.79 Å². The highest BCUT2D eigenvalue weighted by atomic mass is 16.1. The van der Waals surface area contributed by atoms with Crippen LogP contribution in [0, 0.1) is 0 Å². The molecule has 0 saturated heterocycles. The summed E-state index contributed by atoms with van der Waals surface area (Å²) in [5.41, 5.74) is 4.94. The first kappa shape index (κ1) is 19.1. The molecular formula is C25H25N3O. The molecule has 146 valence electrons. The van der Waals surface area contributed by atoms with Crippen LogP contribution >= 0.6 is 0 Å². The predicted octanol–water partition coefficient (Wildman–Crippen LogP) is 3.81. The molecule has 2 unspecified atom stereocenters. The molecule has 4 heteroatoms. The number of ketones is 1. The average Bonchev–Trinajstić information content (AvgIpc) is 2.93. The van der Waals surface area contributed by atoms with E-state index in [4.69, 9.17) is 4.99 Å². The number of fused-ring (bicyclic) bond motifs is 1. The average molecular weight is 383 g/mol. The van der Waals surface area contributed by atoms with Gasteiger partial charge in [0, 0.05) is 29.4 Å². The summed E-state index contributed by atoms with van der Waals surface area (Å²) in [5, 5.41) is 3.25. The van der Waals surface area contributed by atoms with Crippen molar-refractivity contribution in [2.75, 3.05) is 25.5 Å². The minimum atomic E-state index is -0.366. The van der Waals surface area contributed by atoms with Crippen molar-refractivity contribution in [3.8, 4) is 0 Å². The molecular weight excluding hydrogens is 358 g/mol. The first-order valence-electron chi connectivity index (χ1n) is 9.89. The van der Waals surface area contributed by atoms with Crippen molar-refractivity contribution in [1.82, 2.24) is 5.32 Å². The largest absolute Gasteiger partial charge is 0.367 e. The van der Waals surface area contributed by atoms with Crippen molar-refractivity contribution in [3.05, 3.63) is 102 Å². The lowest BCUT2D eigenvalue weighted by atomic mass is 9.96. The van der Waals surface area contributed by atoms with Gasteiger partial charge in [0.25, 0.3) is 0 Å². The summed E-state index contributed by atoms with van der Waals surface area (Å²) in [7, 11) is 3.90. The molecule has 3 aromatic rings. The zero-order chi connectivity index (χ0) is 20.2. The third-order valence-electron chi connectivity index (χ3n) is 5.56. The van der Waals surface area contributed by atoms with Crippen molar-refractivity contribution in [1.29, 1.82) is 0 Å². The number of hydrogen-bond donors (Lipinski definition) is 1. The van der Waals surface area contributed by atoms with Crippen LogP contribution in [-0.4, -0.2) is 44.2 Å². The van der Waals surface area contributed by atoms with Crippen LogP contribution in [0.25, 0.3) is 0 Å². The number of nitrogens with one attached hydrogen (secondary N) is 1. The van der Waals surface area contributed by atoms with Gasteiger partial charge in [-0.2, -0.15) is 0 Å². The van der Waals surface area contributed by atoms with Crippen LogP contribution in [0.1, 0.15) is 21.5 Å².